The predicted octanol–water partition coefficient (Wildman–Crippen LogP) is 1.52. The Morgan fingerprint density at radius 1 is 1.17 bits per heavy atom. The first-order valence-electron chi connectivity index (χ1n) is 10.3. The van der Waals surface area contributed by atoms with E-state index in [-0.39, 0.29) is 12.1 Å². The molecule has 1 atom stereocenters. The molecule has 0 amide bonds. The van der Waals surface area contributed by atoms with Gasteiger partial charge < -0.3 is 20.5 Å². The van der Waals surface area contributed by atoms with Gasteiger partial charge in [0.2, 0.25) is 5.95 Å². The average molecular weight is 428 g/mol. The monoisotopic (exact) mass is 427 g/mol. The Kier molecular flexibility index (Phi) is 5.47. The van der Waals surface area contributed by atoms with Crippen molar-refractivity contribution in [3.8, 4) is 11.4 Å². The molecule has 3 aromatic rings. The first kappa shape index (κ1) is 19.6. The molecule has 0 spiro atoms. The summed E-state index contributed by atoms with van der Waals surface area (Å²) >= 11 is 1.74. The second kappa shape index (κ2) is 8.38. The predicted molar refractivity (Wildman–Crippen MR) is 116 cm³/mol. The SMILES string of the molecule is Nc1ncc(-c2nc(N3CCOCC3)c3sc(CN4CCCC(O)C4)cc3n2)cn1. The van der Waals surface area contributed by atoms with Crippen molar-refractivity contribution in [3.63, 3.8) is 0 Å². The number of hydrogen-bond donors (Lipinski definition) is 2. The zero-order valence-corrected chi connectivity index (χ0v) is 17.5. The number of fused-ring (bicyclic) bond motifs is 1. The summed E-state index contributed by atoms with van der Waals surface area (Å²) in [5, 5.41) is 9.99. The summed E-state index contributed by atoms with van der Waals surface area (Å²) in [6.45, 7) is 5.54. The number of anilines is 2. The molecule has 10 heteroatoms. The highest BCUT2D eigenvalue weighted by Crippen LogP contribution is 2.35. The van der Waals surface area contributed by atoms with Gasteiger partial charge in [-0.15, -0.1) is 11.3 Å². The van der Waals surface area contributed by atoms with Crippen molar-refractivity contribution in [2.45, 2.75) is 25.5 Å². The third-order valence-electron chi connectivity index (χ3n) is 5.51. The zero-order valence-electron chi connectivity index (χ0n) is 16.7. The molecule has 1 unspecified atom stereocenters. The summed E-state index contributed by atoms with van der Waals surface area (Å²) < 4.78 is 6.62. The third-order valence-corrected chi connectivity index (χ3v) is 6.61. The van der Waals surface area contributed by atoms with E-state index in [9.17, 15) is 5.11 Å². The first-order chi connectivity index (χ1) is 14.7. The molecule has 0 bridgehead atoms. The van der Waals surface area contributed by atoms with Crippen molar-refractivity contribution in [1.29, 1.82) is 0 Å². The molecule has 5 heterocycles. The van der Waals surface area contributed by atoms with E-state index in [0.29, 0.717) is 19.0 Å². The number of thiophene rings is 1. The number of nitrogens with two attached hydrogens (primary N) is 1. The summed E-state index contributed by atoms with van der Waals surface area (Å²) in [4.78, 5) is 23.7. The van der Waals surface area contributed by atoms with E-state index in [1.165, 1.54) is 4.88 Å². The highest BCUT2D eigenvalue weighted by Gasteiger charge is 2.22. The Hall–Kier alpha value is -2.40. The Morgan fingerprint density at radius 3 is 2.73 bits per heavy atom. The number of nitrogen functional groups attached to an aromatic ring is 1. The molecule has 5 rings (SSSR count). The molecular weight excluding hydrogens is 402 g/mol. The molecule has 2 aliphatic rings. The molecule has 30 heavy (non-hydrogen) atoms. The van der Waals surface area contributed by atoms with Crippen LogP contribution >= 0.6 is 11.3 Å². The first-order valence-corrected chi connectivity index (χ1v) is 11.1. The van der Waals surface area contributed by atoms with E-state index in [4.69, 9.17) is 20.4 Å². The smallest absolute Gasteiger partial charge is 0.219 e. The average Bonchev–Trinajstić information content (AvgIpc) is 3.16. The van der Waals surface area contributed by atoms with Gasteiger partial charge in [-0.25, -0.2) is 19.9 Å². The number of hydrogen-bond acceptors (Lipinski definition) is 10. The van der Waals surface area contributed by atoms with Crippen LogP contribution < -0.4 is 10.6 Å². The lowest BCUT2D eigenvalue weighted by molar-refractivity contribution is 0.0674. The quantitative estimate of drug-likeness (QED) is 0.640. The van der Waals surface area contributed by atoms with Crippen molar-refractivity contribution in [2.24, 2.45) is 0 Å². The number of β-amino-alcohol motifs (C(OH)–C–C–N with tert-alkyl or cyclic N) is 1. The Morgan fingerprint density at radius 2 is 1.97 bits per heavy atom. The van der Waals surface area contributed by atoms with Crippen LogP contribution in [0.2, 0.25) is 0 Å². The maximum Gasteiger partial charge on any atom is 0.219 e. The van der Waals surface area contributed by atoms with E-state index in [2.05, 4.69) is 25.8 Å². The number of ether oxygens (including phenoxy) is 1. The highest BCUT2D eigenvalue weighted by molar-refractivity contribution is 7.19. The molecule has 0 saturated carbocycles. The van der Waals surface area contributed by atoms with Crippen LogP contribution in [0.5, 0.6) is 0 Å². The molecule has 0 radical (unpaired) electrons. The van der Waals surface area contributed by atoms with Gasteiger partial charge in [0.05, 0.1) is 35.1 Å². The fraction of sp³-hybridized carbons (Fsp3) is 0.500. The van der Waals surface area contributed by atoms with Crippen LogP contribution in [0.15, 0.2) is 18.5 Å². The second-order valence-corrected chi connectivity index (χ2v) is 8.90. The third kappa shape index (κ3) is 4.08. The maximum absolute atomic E-state index is 9.99. The minimum absolute atomic E-state index is 0.228. The van der Waals surface area contributed by atoms with E-state index >= 15 is 0 Å². The normalized spacial score (nSPS) is 20.7. The maximum atomic E-state index is 9.99. The lowest BCUT2D eigenvalue weighted by Crippen LogP contribution is -2.37. The number of piperidine rings is 1. The summed E-state index contributed by atoms with van der Waals surface area (Å²) in [6, 6.07) is 2.15. The van der Waals surface area contributed by atoms with Crippen molar-refractivity contribution >= 4 is 33.3 Å². The van der Waals surface area contributed by atoms with Gasteiger partial charge in [0.1, 0.15) is 0 Å². The van der Waals surface area contributed by atoms with Crippen LogP contribution in [0.3, 0.4) is 0 Å². The number of likely N-dealkylation sites (tertiary alicyclic amines) is 1. The number of aliphatic hydroxyl groups is 1. The minimum atomic E-state index is -0.228. The fourth-order valence-electron chi connectivity index (χ4n) is 4.01. The number of morpholine rings is 1. The van der Waals surface area contributed by atoms with Crippen LogP contribution in [0, 0.1) is 0 Å². The van der Waals surface area contributed by atoms with E-state index < -0.39 is 0 Å². The van der Waals surface area contributed by atoms with Crippen molar-refractivity contribution < 1.29 is 9.84 Å². The molecule has 2 saturated heterocycles. The molecule has 0 aliphatic carbocycles. The second-order valence-electron chi connectivity index (χ2n) is 7.76. The summed E-state index contributed by atoms with van der Waals surface area (Å²) in [7, 11) is 0. The summed E-state index contributed by atoms with van der Waals surface area (Å²) in [5.74, 6) is 1.77. The van der Waals surface area contributed by atoms with Crippen LogP contribution in [-0.4, -0.2) is 75.4 Å². The van der Waals surface area contributed by atoms with E-state index in [0.717, 1.165) is 67.2 Å². The Balaban J connectivity index is 1.53. The van der Waals surface area contributed by atoms with Crippen LogP contribution in [-0.2, 0) is 11.3 Å². The summed E-state index contributed by atoms with van der Waals surface area (Å²) in [5.41, 5.74) is 7.31. The van der Waals surface area contributed by atoms with Gasteiger partial charge in [-0.2, -0.15) is 0 Å². The van der Waals surface area contributed by atoms with E-state index in [1.807, 2.05) is 0 Å². The Labute approximate surface area is 178 Å². The minimum Gasteiger partial charge on any atom is -0.392 e. The molecule has 3 aromatic heterocycles. The topological polar surface area (TPSA) is 114 Å². The van der Waals surface area contributed by atoms with Crippen LogP contribution in [0.1, 0.15) is 17.7 Å². The number of aromatic nitrogens is 4. The van der Waals surface area contributed by atoms with Gasteiger partial charge in [-0.1, -0.05) is 0 Å². The van der Waals surface area contributed by atoms with Crippen LogP contribution in [0.25, 0.3) is 21.6 Å². The lowest BCUT2D eigenvalue weighted by atomic mass is 10.1. The van der Waals surface area contributed by atoms with Crippen molar-refractivity contribution in [3.05, 3.63) is 23.3 Å². The van der Waals surface area contributed by atoms with Crippen molar-refractivity contribution in [1.82, 2.24) is 24.8 Å². The van der Waals surface area contributed by atoms with E-state index in [1.54, 1.807) is 23.7 Å². The van der Waals surface area contributed by atoms with Gasteiger partial charge >= 0.3 is 0 Å². The fourth-order valence-corrected chi connectivity index (χ4v) is 5.16. The molecule has 9 nitrogen and oxygen atoms in total. The van der Waals surface area contributed by atoms with Crippen molar-refractivity contribution in [2.75, 3.05) is 50.0 Å². The molecule has 2 aliphatic heterocycles. The van der Waals surface area contributed by atoms with Gasteiger partial charge in [0.25, 0.3) is 0 Å². The molecule has 3 N–H and O–H groups in total. The lowest BCUT2D eigenvalue weighted by Gasteiger charge is -2.29. The molecular formula is C20H25N7O2S. The molecule has 158 valence electrons. The zero-order chi connectivity index (χ0) is 20.5. The largest absolute Gasteiger partial charge is 0.392 e. The summed E-state index contributed by atoms with van der Waals surface area (Å²) in [6.07, 6.45) is 5.02. The Bertz CT molecular complexity index is 1020. The van der Waals surface area contributed by atoms with Gasteiger partial charge in [0.15, 0.2) is 11.6 Å². The highest BCUT2D eigenvalue weighted by atomic mass is 32.1. The van der Waals surface area contributed by atoms with Gasteiger partial charge in [-0.3, -0.25) is 4.90 Å². The standard InChI is InChI=1S/C20H25N7O2S/c21-20-22-9-13(10-23-20)18-24-16-8-15(12-26-3-1-2-14(28)11-26)30-17(16)19(25-18)27-4-6-29-7-5-27/h8-10,14,28H,1-7,11-12H2,(H2,21,22,23). The number of aliphatic hydroxyl groups excluding tert-OH is 1. The number of rotatable bonds is 4. The molecule has 2 fully saturated rings. The van der Waals surface area contributed by atoms with Gasteiger partial charge in [-0.05, 0) is 25.5 Å². The molecule has 0 aromatic carbocycles. The van der Waals surface area contributed by atoms with Gasteiger partial charge in [0, 0.05) is 43.4 Å². The van der Waals surface area contributed by atoms with Crippen LogP contribution in [0.4, 0.5) is 11.8 Å². The number of nitrogens with zero attached hydrogens (tertiary/aromatic N) is 6.